The van der Waals surface area contributed by atoms with Crippen LogP contribution in [0.15, 0.2) is 48.3 Å². The molecule has 0 bridgehead atoms. The number of allylic oxidation sites excluding steroid dienone is 2. The van der Waals surface area contributed by atoms with Crippen LogP contribution in [0.25, 0.3) is 5.57 Å². The summed E-state index contributed by atoms with van der Waals surface area (Å²) in [5.74, 6) is -0.242. The smallest absolute Gasteiger partial charge is 0.416 e. The highest BCUT2D eigenvalue weighted by Gasteiger charge is 2.30. The summed E-state index contributed by atoms with van der Waals surface area (Å²) >= 11 is 0. The van der Waals surface area contributed by atoms with E-state index in [0.29, 0.717) is 44.9 Å². The van der Waals surface area contributed by atoms with Crippen LogP contribution in [0.4, 0.5) is 19.0 Å². The number of nitrogens with zero attached hydrogens (tertiary/aromatic N) is 4. The first kappa shape index (κ1) is 20.9. The number of imidazole rings is 1. The lowest BCUT2D eigenvalue weighted by atomic mass is 10.00. The fraction of sp³-hybridized carbons (Fsp3) is 0.350. The molecule has 0 aliphatic carbocycles. The van der Waals surface area contributed by atoms with Crippen LogP contribution in [0.2, 0.25) is 0 Å². The van der Waals surface area contributed by atoms with Crippen LogP contribution < -0.4 is 10.1 Å². The van der Waals surface area contributed by atoms with Crippen molar-refractivity contribution in [1.82, 2.24) is 19.8 Å². The molecular formula is C20H20F3N5O3. The number of hydrogen-bond donors (Lipinski definition) is 1. The Kier molecular flexibility index (Phi) is 5.68. The molecule has 0 fully saturated rings. The fourth-order valence-electron chi connectivity index (χ4n) is 3.55. The average molecular weight is 435 g/mol. The van der Waals surface area contributed by atoms with Gasteiger partial charge in [-0.25, -0.2) is 0 Å². The Morgan fingerprint density at radius 1 is 1.19 bits per heavy atom. The zero-order valence-corrected chi connectivity index (χ0v) is 16.4. The van der Waals surface area contributed by atoms with Crippen LogP contribution in [0, 0.1) is 10.1 Å². The maximum absolute atomic E-state index is 12.8. The Morgan fingerprint density at radius 3 is 2.68 bits per heavy atom. The molecule has 4 rings (SSSR count). The fourth-order valence-corrected chi connectivity index (χ4v) is 3.55. The quantitative estimate of drug-likeness (QED) is 0.587. The standard InChI is InChI=1S/C20H20F3N5O3/c21-20(22,23)17-3-1-15(2-4-17)16-9-14(10-24-11-16)12-26-5-6-27-13-18(28(29)30)25-19(27)31-8-7-26/h1-4,9,11,13,24H,5-8,10,12H2. The summed E-state index contributed by atoms with van der Waals surface area (Å²) < 4.78 is 45.6. The number of ether oxygens (including phenoxy) is 1. The maximum Gasteiger partial charge on any atom is 0.416 e. The van der Waals surface area contributed by atoms with Crippen LogP contribution in [-0.2, 0) is 12.7 Å². The molecule has 11 heteroatoms. The molecule has 0 radical (unpaired) electrons. The van der Waals surface area contributed by atoms with Crippen LogP contribution in [0.3, 0.4) is 0 Å². The number of nitrogens with one attached hydrogen (secondary N) is 1. The van der Waals surface area contributed by atoms with E-state index in [0.717, 1.165) is 23.3 Å². The van der Waals surface area contributed by atoms with Gasteiger partial charge in [0.05, 0.1) is 5.56 Å². The van der Waals surface area contributed by atoms with Crippen molar-refractivity contribution in [3.63, 3.8) is 0 Å². The SMILES string of the molecule is O=[N+]([O-])c1cn2c(n1)OCCN(CC1=CC(c3ccc(C(F)(F)F)cc3)=CNC1)CC2. The molecule has 2 aliphatic heterocycles. The Labute approximate surface area is 175 Å². The van der Waals surface area contributed by atoms with Crippen molar-refractivity contribution in [2.45, 2.75) is 12.7 Å². The Bertz CT molecular complexity index is 1030. The van der Waals surface area contributed by atoms with E-state index in [1.54, 1.807) is 10.8 Å². The van der Waals surface area contributed by atoms with Gasteiger partial charge < -0.3 is 20.2 Å². The average Bonchev–Trinajstić information content (AvgIpc) is 3.12. The minimum absolute atomic E-state index is 0.242. The van der Waals surface area contributed by atoms with E-state index in [4.69, 9.17) is 4.74 Å². The second kappa shape index (κ2) is 8.42. The monoisotopic (exact) mass is 435 g/mol. The lowest BCUT2D eigenvalue weighted by molar-refractivity contribution is -0.389. The highest BCUT2D eigenvalue weighted by molar-refractivity contribution is 5.75. The number of halogens is 3. The molecule has 0 atom stereocenters. The highest BCUT2D eigenvalue weighted by atomic mass is 19.4. The van der Waals surface area contributed by atoms with Gasteiger partial charge in [0, 0.05) is 43.9 Å². The zero-order chi connectivity index (χ0) is 22.0. The van der Waals surface area contributed by atoms with E-state index in [1.807, 2.05) is 6.08 Å². The van der Waals surface area contributed by atoms with Crippen molar-refractivity contribution in [3.05, 3.63) is 69.6 Å². The molecule has 2 aliphatic rings. The zero-order valence-electron chi connectivity index (χ0n) is 16.4. The topological polar surface area (TPSA) is 85.5 Å². The van der Waals surface area contributed by atoms with Gasteiger partial charge in [0.2, 0.25) is 0 Å². The summed E-state index contributed by atoms with van der Waals surface area (Å²) in [6.07, 6.45) is 0.777. The Morgan fingerprint density at radius 2 is 1.97 bits per heavy atom. The molecule has 0 saturated carbocycles. The predicted molar refractivity (Wildman–Crippen MR) is 106 cm³/mol. The lowest BCUT2D eigenvalue weighted by Gasteiger charge is -2.27. The largest absolute Gasteiger partial charge is 0.444 e. The van der Waals surface area contributed by atoms with Crippen molar-refractivity contribution in [3.8, 4) is 6.01 Å². The van der Waals surface area contributed by atoms with E-state index < -0.39 is 16.7 Å². The summed E-state index contributed by atoms with van der Waals surface area (Å²) in [4.78, 5) is 16.4. The van der Waals surface area contributed by atoms with Crippen molar-refractivity contribution < 1.29 is 22.8 Å². The lowest BCUT2D eigenvalue weighted by Crippen LogP contribution is -2.37. The molecule has 3 heterocycles. The normalized spacial score (nSPS) is 17.4. The number of aromatic nitrogens is 2. The third kappa shape index (κ3) is 4.88. The number of dihydropyridines is 1. The van der Waals surface area contributed by atoms with Gasteiger partial charge in [0.15, 0.2) is 0 Å². The molecule has 0 amide bonds. The second-order valence-corrected chi connectivity index (χ2v) is 7.32. The van der Waals surface area contributed by atoms with Gasteiger partial charge in [-0.05, 0) is 33.8 Å². The molecule has 0 spiro atoms. The second-order valence-electron chi connectivity index (χ2n) is 7.32. The minimum atomic E-state index is -4.36. The van der Waals surface area contributed by atoms with E-state index >= 15 is 0 Å². The van der Waals surface area contributed by atoms with Gasteiger partial charge in [0.1, 0.15) is 12.8 Å². The van der Waals surface area contributed by atoms with Gasteiger partial charge in [-0.1, -0.05) is 18.2 Å². The third-order valence-corrected chi connectivity index (χ3v) is 5.13. The number of hydrogen-bond acceptors (Lipinski definition) is 6. The summed E-state index contributed by atoms with van der Waals surface area (Å²) in [6, 6.07) is 5.34. The molecule has 0 saturated heterocycles. The van der Waals surface area contributed by atoms with E-state index in [1.165, 1.54) is 18.3 Å². The Balaban J connectivity index is 1.42. The number of fused-ring (bicyclic) bond motifs is 1. The van der Waals surface area contributed by atoms with Crippen molar-refractivity contribution >= 4 is 11.4 Å². The number of alkyl halides is 3. The van der Waals surface area contributed by atoms with Crippen molar-refractivity contribution in [2.75, 3.05) is 32.8 Å². The van der Waals surface area contributed by atoms with Crippen LogP contribution in [0.1, 0.15) is 11.1 Å². The summed E-state index contributed by atoms with van der Waals surface area (Å²) in [5, 5.41) is 14.1. The van der Waals surface area contributed by atoms with Crippen molar-refractivity contribution in [2.24, 2.45) is 0 Å². The highest BCUT2D eigenvalue weighted by Crippen LogP contribution is 2.30. The summed E-state index contributed by atoms with van der Waals surface area (Å²) in [6.45, 7) is 3.39. The summed E-state index contributed by atoms with van der Waals surface area (Å²) in [7, 11) is 0. The van der Waals surface area contributed by atoms with E-state index in [2.05, 4.69) is 15.2 Å². The maximum atomic E-state index is 12.8. The first-order chi connectivity index (χ1) is 14.8. The first-order valence-corrected chi connectivity index (χ1v) is 9.67. The van der Waals surface area contributed by atoms with Gasteiger partial charge in [-0.2, -0.15) is 13.2 Å². The molecule has 1 aromatic carbocycles. The molecule has 164 valence electrons. The van der Waals surface area contributed by atoms with Gasteiger partial charge >= 0.3 is 18.0 Å². The number of nitro groups is 1. The van der Waals surface area contributed by atoms with Crippen LogP contribution >= 0.6 is 0 Å². The molecule has 8 nitrogen and oxygen atoms in total. The molecule has 1 N–H and O–H groups in total. The molecule has 2 aromatic rings. The summed E-state index contributed by atoms with van der Waals surface area (Å²) in [5.41, 5.74) is 1.91. The molecule has 0 unspecified atom stereocenters. The van der Waals surface area contributed by atoms with E-state index in [9.17, 15) is 23.3 Å². The van der Waals surface area contributed by atoms with Crippen LogP contribution in [-0.4, -0.2) is 52.2 Å². The van der Waals surface area contributed by atoms with Gasteiger partial charge in [-0.3, -0.25) is 9.47 Å². The van der Waals surface area contributed by atoms with Gasteiger partial charge in [0.25, 0.3) is 0 Å². The van der Waals surface area contributed by atoms with Gasteiger partial charge in [-0.15, -0.1) is 0 Å². The minimum Gasteiger partial charge on any atom is -0.444 e. The van der Waals surface area contributed by atoms with Crippen molar-refractivity contribution in [1.29, 1.82) is 0 Å². The molecular weight excluding hydrogens is 415 g/mol. The number of rotatable bonds is 4. The van der Waals surface area contributed by atoms with E-state index in [-0.39, 0.29) is 11.8 Å². The predicted octanol–water partition coefficient (Wildman–Crippen LogP) is 3.08. The first-order valence-electron chi connectivity index (χ1n) is 9.67. The molecule has 31 heavy (non-hydrogen) atoms. The van der Waals surface area contributed by atoms with Crippen LogP contribution in [0.5, 0.6) is 6.01 Å². The number of benzene rings is 1. The third-order valence-electron chi connectivity index (χ3n) is 5.13. The molecule has 1 aromatic heterocycles. The Hall–Kier alpha value is -3.34.